The van der Waals surface area contributed by atoms with Crippen molar-refractivity contribution in [1.82, 2.24) is 0 Å². The molecule has 5 N–H and O–H groups in total. The molecule has 2 saturated carbocycles. The van der Waals surface area contributed by atoms with Crippen molar-refractivity contribution in [2.75, 3.05) is 17.3 Å². The summed E-state index contributed by atoms with van der Waals surface area (Å²) in [5.74, 6) is 8.18. The van der Waals surface area contributed by atoms with Crippen molar-refractivity contribution in [3.63, 3.8) is 0 Å². The summed E-state index contributed by atoms with van der Waals surface area (Å²) in [5.41, 5.74) is 7.14. The largest absolute Gasteiger partial charge is 0.504 e. The van der Waals surface area contributed by atoms with Crippen molar-refractivity contribution in [3.05, 3.63) is 53.6 Å². The van der Waals surface area contributed by atoms with Gasteiger partial charge in [-0.25, -0.2) is 0 Å². The molecule has 2 aromatic carbocycles. The molecule has 39 heavy (non-hydrogen) atoms. The minimum absolute atomic E-state index is 0.0345. The number of phenolic OH excluding ortho intramolecular Hbond substituents is 1. The van der Waals surface area contributed by atoms with E-state index < -0.39 is 0 Å². The molecule has 5 rings (SSSR count). The first-order valence-electron chi connectivity index (χ1n) is 14.3. The summed E-state index contributed by atoms with van der Waals surface area (Å²) in [4.78, 5) is 26.1. The van der Waals surface area contributed by atoms with E-state index in [0.717, 1.165) is 44.1 Å². The minimum Gasteiger partial charge on any atom is -0.504 e. The van der Waals surface area contributed by atoms with Crippen LogP contribution in [0.15, 0.2) is 36.9 Å². The Morgan fingerprint density at radius 1 is 1.28 bits per heavy atom. The summed E-state index contributed by atoms with van der Waals surface area (Å²) >= 11 is 0. The van der Waals surface area contributed by atoms with Gasteiger partial charge in [0.25, 0.3) is 0 Å². The fraction of sp³-hybridized carbons (Fsp3) is 0.500. The maximum Gasteiger partial charge on any atom is 0.224 e. The number of Topliss-reactive ketones (excluding diaryl/α,β-unsaturated/α-hetero) is 1. The lowest BCUT2D eigenvalue weighted by Gasteiger charge is -2.50. The van der Waals surface area contributed by atoms with Gasteiger partial charge >= 0.3 is 0 Å². The highest BCUT2D eigenvalue weighted by atomic mass is 16.5. The first-order chi connectivity index (χ1) is 18.8. The monoisotopic (exact) mass is 531 g/mol. The van der Waals surface area contributed by atoms with Crippen LogP contribution in [-0.4, -0.2) is 23.4 Å². The third-order valence-corrected chi connectivity index (χ3v) is 9.64. The maximum absolute atomic E-state index is 13.3. The number of hydrazine groups is 1. The zero-order valence-corrected chi connectivity index (χ0v) is 23.1. The molecule has 0 radical (unpaired) electrons. The fourth-order valence-electron chi connectivity index (χ4n) is 7.87. The number of fused-ring (bicyclic) bond motifs is 5. The Bertz CT molecular complexity index is 1270. The maximum atomic E-state index is 13.3. The molecule has 0 bridgehead atoms. The van der Waals surface area contributed by atoms with Gasteiger partial charge in [0.1, 0.15) is 5.78 Å². The third kappa shape index (κ3) is 5.05. The molecule has 0 aliphatic heterocycles. The highest BCUT2D eigenvalue weighted by molar-refractivity contribution is 5.92. The molecule has 1 amide bonds. The first-order valence-corrected chi connectivity index (χ1v) is 14.3. The number of nitrogens with one attached hydrogen (secondary N) is 2. The lowest BCUT2D eigenvalue weighted by Crippen LogP contribution is -2.44. The van der Waals surface area contributed by atoms with E-state index in [9.17, 15) is 14.7 Å². The second kappa shape index (κ2) is 11.0. The van der Waals surface area contributed by atoms with E-state index in [0.29, 0.717) is 66.0 Å². The molecule has 0 spiro atoms. The Morgan fingerprint density at radius 3 is 2.85 bits per heavy atom. The molecule has 7 nitrogen and oxygen atoms in total. The van der Waals surface area contributed by atoms with Crippen molar-refractivity contribution >= 4 is 29.1 Å². The number of amides is 1. The van der Waals surface area contributed by atoms with Crippen molar-refractivity contribution in [2.45, 2.75) is 71.1 Å². The number of carbonyl (C=O) groups is 2. The third-order valence-electron chi connectivity index (χ3n) is 9.64. The highest BCUT2D eigenvalue weighted by Gasteiger charge is 2.58. The average Bonchev–Trinajstić information content (AvgIpc) is 3.18. The van der Waals surface area contributed by atoms with E-state index in [1.807, 2.05) is 25.1 Å². The van der Waals surface area contributed by atoms with Crippen molar-refractivity contribution in [2.24, 2.45) is 29.0 Å². The molecule has 0 aromatic heterocycles. The molecular formula is C32H41N3O4. The molecule has 7 heteroatoms. The van der Waals surface area contributed by atoms with Crippen LogP contribution in [0.5, 0.6) is 11.5 Å². The van der Waals surface area contributed by atoms with Gasteiger partial charge in [0.2, 0.25) is 5.91 Å². The number of benzene rings is 2. The number of aryl methyl sites for hydroxylation is 1. The number of anilines is 2. The van der Waals surface area contributed by atoms with E-state index in [4.69, 9.17) is 10.6 Å². The second-order valence-electron chi connectivity index (χ2n) is 11.7. The predicted octanol–water partition coefficient (Wildman–Crippen LogP) is 6.18. The smallest absolute Gasteiger partial charge is 0.224 e. The Labute approximate surface area is 231 Å². The van der Waals surface area contributed by atoms with Gasteiger partial charge in [-0.05, 0) is 110 Å². The van der Waals surface area contributed by atoms with E-state index in [1.165, 1.54) is 11.1 Å². The molecule has 2 fully saturated rings. The number of nitrogen functional groups attached to an aromatic ring is 1. The number of nitrogens with two attached hydrogens (primary N) is 1. The molecule has 3 aliphatic carbocycles. The summed E-state index contributed by atoms with van der Waals surface area (Å²) in [6.45, 7) is 8.40. The Morgan fingerprint density at radius 2 is 2.10 bits per heavy atom. The first kappa shape index (κ1) is 27.3. The molecule has 0 saturated heterocycles. The predicted molar refractivity (Wildman–Crippen MR) is 155 cm³/mol. The topological polar surface area (TPSA) is 114 Å². The quantitative estimate of drug-likeness (QED) is 0.227. The summed E-state index contributed by atoms with van der Waals surface area (Å²) in [6, 6.07) is 9.45. The van der Waals surface area contributed by atoms with Gasteiger partial charge in [0, 0.05) is 23.9 Å². The van der Waals surface area contributed by atoms with Crippen LogP contribution in [0.2, 0.25) is 0 Å². The Hall–Kier alpha value is -3.32. The number of hydrogen-bond acceptors (Lipinski definition) is 6. The van der Waals surface area contributed by atoms with E-state index in [2.05, 4.69) is 30.3 Å². The summed E-state index contributed by atoms with van der Waals surface area (Å²) in [6.07, 6.45) is 8.21. The van der Waals surface area contributed by atoms with Gasteiger partial charge in [0.15, 0.2) is 11.5 Å². The number of ketones is 1. The standard InChI is InChI=1S/C32H41N3O4/c1-4-19-9-11-22(17-26(19)35-33)34-30(38)8-6-7-21-16-29(37)32(3)14-13-23-24(31(21)32)12-10-20-15-27(36)28(39-5-2)18-25(20)23/h4,9,11,15,17-18,21,23-24,31,35-36H,1,5-8,10,12-14,16,33H2,2-3H3,(H,34,38)/t21-,23-,24?,31-,32+/m0/s1. The van der Waals surface area contributed by atoms with Gasteiger partial charge in [-0.15, -0.1) is 0 Å². The van der Waals surface area contributed by atoms with Crippen LogP contribution in [0.4, 0.5) is 11.4 Å². The number of phenols is 1. The van der Waals surface area contributed by atoms with E-state index in [-0.39, 0.29) is 17.1 Å². The van der Waals surface area contributed by atoms with E-state index >= 15 is 0 Å². The number of hydrogen-bond donors (Lipinski definition) is 4. The molecular weight excluding hydrogens is 490 g/mol. The second-order valence-corrected chi connectivity index (χ2v) is 11.7. The fourth-order valence-corrected chi connectivity index (χ4v) is 7.87. The van der Waals surface area contributed by atoms with Crippen LogP contribution < -0.4 is 21.3 Å². The van der Waals surface area contributed by atoms with E-state index in [1.54, 1.807) is 12.1 Å². The van der Waals surface area contributed by atoms with Gasteiger partial charge in [-0.2, -0.15) is 0 Å². The van der Waals surface area contributed by atoms with Gasteiger partial charge in [-0.1, -0.05) is 25.6 Å². The minimum atomic E-state index is -0.274. The normalized spacial score (nSPS) is 27.2. The Kier molecular flexibility index (Phi) is 7.72. The van der Waals surface area contributed by atoms with Crippen LogP contribution in [-0.2, 0) is 16.0 Å². The number of ether oxygens (including phenoxy) is 1. The summed E-state index contributed by atoms with van der Waals surface area (Å²) < 4.78 is 5.71. The molecule has 5 atom stereocenters. The summed E-state index contributed by atoms with van der Waals surface area (Å²) in [7, 11) is 0. The highest BCUT2D eigenvalue weighted by Crippen LogP contribution is 2.62. The molecule has 208 valence electrons. The lowest BCUT2D eigenvalue weighted by atomic mass is 9.54. The van der Waals surface area contributed by atoms with Crippen LogP contribution in [0.25, 0.3) is 6.08 Å². The van der Waals surface area contributed by atoms with Crippen LogP contribution in [0, 0.1) is 23.2 Å². The molecule has 0 heterocycles. The average molecular weight is 532 g/mol. The van der Waals surface area contributed by atoms with Crippen molar-refractivity contribution < 1.29 is 19.4 Å². The van der Waals surface area contributed by atoms with Gasteiger partial charge in [-0.3, -0.25) is 15.4 Å². The molecule has 2 aromatic rings. The van der Waals surface area contributed by atoms with Crippen LogP contribution in [0.3, 0.4) is 0 Å². The zero-order valence-electron chi connectivity index (χ0n) is 23.1. The SMILES string of the molecule is C=Cc1ccc(NC(=O)CCC[C@H]2CC(=O)[C@@]3(C)CC[C@@H]4c5cc(OCC)c(O)cc5CCC4[C@H]23)cc1NN. The number of rotatable bonds is 9. The van der Waals surface area contributed by atoms with Crippen LogP contribution in [0.1, 0.15) is 81.4 Å². The zero-order chi connectivity index (χ0) is 27.7. The van der Waals surface area contributed by atoms with Gasteiger partial charge in [0.05, 0.1) is 12.3 Å². The van der Waals surface area contributed by atoms with Crippen molar-refractivity contribution in [1.29, 1.82) is 0 Å². The number of carbonyl (C=O) groups excluding carboxylic acids is 2. The molecule has 3 aliphatic rings. The lowest BCUT2D eigenvalue weighted by molar-refractivity contribution is -0.129. The number of aromatic hydroxyl groups is 1. The molecule has 1 unspecified atom stereocenters. The Balaban J connectivity index is 1.27. The van der Waals surface area contributed by atoms with Crippen molar-refractivity contribution in [3.8, 4) is 11.5 Å². The van der Waals surface area contributed by atoms with Gasteiger partial charge < -0.3 is 20.6 Å². The summed E-state index contributed by atoms with van der Waals surface area (Å²) in [5, 5.41) is 13.4. The van der Waals surface area contributed by atoms with Crippen LogP contribution >= 0.6 is 0 Å².